The number of pyridine rings is 2. The molecule has 0 atom stereocenters. The molecule has 0 saturated heterocycles. The first-order valence-corrected chi connectivity index (χ1v) is 19.2. The Bertz CT molecular complexity index is 2660. The van der Waals surface area contributed by atoms with Crippen molar-refractivity contribution in [3.8, 4) is 23.0 Å². The molecule has 3 aromatic heterocycles. The Hall–Kier alpha value is -6.94. The highest BCUT2D eigenvalue weighted by molar-refractivity contribution is 6.21. The van der Waals surface area contributed by atoms with E-state index < -0.39 is 0 Å². The van der Waals surface area contributed by atoms with Crippen LogP contribution in [0.4, 0.5) is 34.1 Å². The van der Waals surface area contributed by atoms with E-state index >= 15 is 0 Å². The number of methoxy groups -OCH3 is 4. The van der Waals surface area contributed by atoms with E-state index in [0.29, 0.717) is 0 Å². The molecule has 2 aliphatic rings. The van der Waals surface area contributed by atoms with Gasteiger partial charge in [-0.15, -0.1) is 0 Å². The van der Waals surface area contributed by atoms with E-state index in [4.69, 9.17) is 38.9 Å². The third kappa shape index (κ3) is 5.03. The lowest BCUT2D eigenvalue weighted by Gasteiger charge is -2.42. The standard InChI is InChI=1S/C48H42N6O4/c1-47(2)35-21-29(55-5)9-13-39(35)53(40-14-10-30(56-6)22-36(40)47)27-19-33-43-44(50-18-17-49-43)34-20-28(26-52-46(34)45(33)51-25-27)54-41-15-11-31(57-7)23-37(41)48(3,4)38-24-32(58-8)12-16-42(38)54/h9-26H,1-8H3. The molecule has 10 rings (SSSR count). The number of nitrogens with zero attached hydrogens (tertiary/aromatic N) is 6. The number of hydrogen-bond acceptors (Lipinski definition) is 10. The molecule has 288 valence electrons. The summed E-state index contributed by atoms with van der Waals surface area (Å²) in [6.07, 6.45) is 7.34. The minimum Gasteiger partial charge on any atom is -0.497 e. The Morgan fingerprint density at radius 1 is 0.397 bits per heavy atom. The van der Waals surface area contributed by atoms with Crippen LogP contribution < -0.4 is 28.7 Å². The largest absolute Gasteiger partial charge is 0.497 e. The smallest absolute Gasteiger partial charge is 0.119 e. The highest BCUT2D eigenvalue weighted by Crippen LogP contribution is 2.55. The Morgan fingerprint density at radius 3 is 0.983 bits per heavy atom. The van der Waals surface area contributed by atoms with Crippen LogP contribution in [-0.4, -0.2) is 48.4 Å². The minimum absolute atomic E-state index is 0.339. The van der Waals surface area contributed by atoms with Crippen LogP contribution in [0, 0.1) is 0 Å². The zero-order valence-electron chi connectivity index (χ0n) is 33.7. The second-order valence-electron chi connectivity index (χ2n) is 15.9. The monoisotopic (exact) mass is 766 g/mol. The van der Waals surface area contributed by atoms with Gasteiger partial charge in [-0.1, -0.05) is 27.7 Å². The van der Waals surface area contributed by atoms with Crippen molar-refractivity contribution in [2.24, 2.45) is 0 Å². The fourth-order valence-corrected chi connectivity index (χ4v) is 9.08. The summed E-state index contributed by atoms with van der Waals surface area (Å²) >= 11 is 0. The fraction of sp³-hybridized carbons (Fsp3) is 0.208. The first-order valence-electron chi connectivity index (χ1n) is 19.2. The van der Waals surface area contributed by atoms with Gasteiger partial charge in [0, 0.05) is 34.0 Å². The molecule has 0 bridgehead atoms. The lowest BCUT2D eigenvalue weighted by Crippen LogP contribution is -2.30. The van der Waals surface area contributed by atoms with Gasteiger partial charge in [0.05, 0.1) is 97.0 Å². The van der Waals surface area contributed by atoms with Crippen molar-refractivity contribution in [1.82, 2.24) is 19.9 Å². The quantitative estimate of drug-likeness (QED) is 0.152. The van der Waals surface area contributed by atoms with Crippen LogP contribution >= 0.6 is 0 Å². The van der Waals surface area contributed by atoms with Crippen molar-refractivity contribution in [3.05, 3.63) is 132 Å². The molecule has 0 fully saturated rings. The molecule has 2 aliphatic heterocycles. The highest BCUT2D eigenvalue weighted by atomic mass is 16.5. The molecule has 0 unspecified atom stereocenters. The van der Waals surface area contributed by atoms with Gasteiger partial charge in [0.15, 0.2) is 0 Å². The average Bonchev–Trinajstić information content (AvgIpc) is 3.26. The maximum Gasteiger partial charge on any atom is 0.119 e. The first kappa shape index (κ1) is 35.5. The molecule has 0 radical (unpaired) electrons. The van der Waals surface area contributed by atoms with Crippen LogP contribution in [0.3, 0.4) is 0 Å². The number of benzene rings is 5. The third-order valence-electron chi connectivity index (χ3n) is 12.2. The van der Waals surface area contributed by atoms with E-state index in [-0.39, 0.29) is 10.8 Å². The zero-order valence-corrected chi connectivity index (χ0v) is 33.7. The van der Waals surface area contributed by atoms with E-state index in [1.807, 2.05) is 36.7 Å². The lowest BCUT2D eigenvalue weighted by molar-refractivity contribution is 0.411. The number of hydrogen-bond donors (Lipinski definition) is 0. The van der Waals surface area contributed by atoms with E-state index in [9.17, 15) is 0 Å². The maximum atomic E-state index is 5.71. The van der Waals surface area contributed by atoms with Crippen LogP contribution in [0.5, 0.6) is 23.0 Å². The van der Waals surface area contributed by atoms with E-state index in [1.54, 1.807) is 40.8 Å². The van der Waals surface area contributed by atoms with Crippen LogP contribution in [0.15, 0.2) is 110 Å². The number of anilines is 6. The van der Waals surface area contributed by atoms with Crippen LogP contribution in [0.2, 0.25) is 0 Å². The Balaban J connectivity index is 1.19. The molecule has 5 aromatic carbocycles. The molecular weight excluding hydrogens is 725 g/mol. The van der Waals surface area contributed by atoms with Crippen molar-refractivity contribution in [3.63, 3.8) is 0 Å². The SMILES string of the molecule is COc1ccc2c(c1)C(C)(C)c1cc(OC)ccc1N2c1cnc2c(c1)c1nccnc1c1cc(N3c4ccc(OC)cc4C(C)(C)c4cc(OC)ccc43)cnc12. The van der Waals surface area contributed by atoms with E-state index in [0.717, 1.165) is 112 Å². The molecule has 58 heavy (non-hydrogen) atoms. The fourth-order valence-electron chi connectivity index (χ4n) is 9.08. The van der Waals surface area contributed by atoms with Gasteiger partial charge >= 0.3 is 0 Å². The summed E-state index contributed by atoms with van der Waals surface area (Å²) in [5.41, 5.74) is 12.8. The maximum absolute atomic E-state index is 5.71. The van der Waals surface area contributed by atoms with Crippen molar-refractivity contribution < 1.29 is 18.9 Å². The molecule has 0 saturated carbocycles. The Labute approximate surface area is 336 Å². The summed E-state index contributed by atoms with van der Waals surface area (Å²) in [6, 6.07) is 29.4. The lowest BCUT2D eigenvalue weighted by atomic mass is 9.73. The summed E-state index contributed by atoms with van der Waals surface area (Å²) in [7, 11) is 6.81. The van der Waals surface area contributed by atoms with Crippen molar-refractivity contribution in [2.45, 2.75) is 38.5 Å². The van der Waals surface area contributed by atoms with Gasteiger partial charge in [-0.05, 0) is 107 Å². The summed E-state index contributed by atoms with van der Waals surface area (Å²) < 4.78 is 22.9. The van der Waals surface area contributed by atoms with Gasteiger partial charge in [0.25, 0.3) is 0 Å². The third-order valence-corrected chi connectivity index (χ3v) is 12.2. The molecule has 0 aliphatic carbocycles. The number of fused-ring (bicyclic) bond motifs is 10. The summed E-state index contributed by atoms with van der Waals surface area (Å²) in [6.45, 7) is 8.96. The van der Waals surface area contributed by atoms with E-state index in [2.05, 4.69) is 98.2 Å². The first-order chi connectivity index (χ1) is 28.1. The molecule has 0 amide bonds. The van der Waals surface area contributed by atoms with Crippen LogP contribution in [-0.2, 0) is 10.8 Å². The molecule has 0 spiro atoms. The van der Waals surface area contributed by atoms with Crippen molar-refractivity contribution in [1.29, 1.82) is 0 Å². The second-order valence-corrected chi connectivity index (χ2v) is 15.9. The molecule has 5 heterocycles. The Kier molecular flexibility index (Phi) is 7.82. The molecule has 0 N–H and O–H groups in total. The molecule has 10 nitrogen and oxygen atoms in total. The average molecular weight is 767 g/mol. The van der Waals surface area contributed by atoms with Crippen molar-refractivity contribution >= 4 is 67.0 Å². The van der Waals surface area contributed by atoms with Gasteiger partial charge in [0.1, 0.15) is 23.0 Å². The second kappa shape index (κ2) is 12.8. The predicted molar refractivity (Wildman–Crippen MR) is 230 cm³/mol. The topological polar surface area (TPSA) is 95.0 Å². The normalized spacial score (nSPS) is 14.8. The van der Waals surface area contributed by atoms with E-state index in [1.165, 1.54) is 0 Å². The van der Waals surface area contributed by atoms with Gasteiger partial charge in [-0.2, -0.15) is 0 Å². The van der Waals surface area contributed by atoms with Gasteiger partial charge in [0.2, 0.25) is 0 Å². The summed E-state index contributed by atoms with van der Waals surface area (Å²) in [5, 5.41) is 1.72. The van der Waals surface area contributed by atoms with Gasteiger partial charge in [-0.3, -0.25) is 19.9 Å². The van der Waals surface area contributed by atoms with Gasteiger partial charge in [-0.25, -0.2) is 0 Å². The molecule has 8 aromatic rings. The highest BCUT2D eigenvalue weighted by Gasteiger charge is 2.40. The molecule has 10 heteroatoms. The van der Waals surface area contributed by atoms with Gasteiger partial charge < -0.3 is 28.7 Å². The number of ether oxygens (including phenoxy) is 4. The van der Waals surface area contributed by atoms with Crippen LogP contribution in [0.1, 0.15) is 49.9 Å². The minimum atomic E-state index is -0.339. The number of rotatable bonds is 6. The van der Waals surface area contributed by atoms with Crippen LogP contribution in [0.25, 0.3) is 32.8 Å². The number of aromatic nitrogens is 4. The Morgan fingerprint density at radius 2 is 0.690 bits per heavy atom. The zero-order chi connectivity index (χ0) is 40.1. The summed E-state index contributed by atoms with van der Waals surface area (Å²) in [5.74, 6) is 3.19. The summed E-state index contributed by atoms with van der Waals surface area (Å²) in [4.78, 5) is 24.8. The van der Waals surface area contributed by atoms with Crippen molar-refractivity contribution in [2.75, 3.05) is 38.2 Å². The molecular formula is C48H42N6O4. The predicted octanol–water partition coefficient (Wildman–Crippen LogP) is 11.0.